The van der Waals surface area contributed by atoms with E-state index in [-0.39, 0.29) is 0 Å². The molecule has 8 N–H and O–H groups in total. The number of ether oxygens (including phenoxy) is 4. The van der Waals surface area contributed by atoms with Gasteiger partial charge in [0.1, 0.15) is 13.2 Å². The highest BCUT2D eigenvalue weighted by molar-refractivity contribution is 5.44. The molecule has 0 spiro atoms. The van der Waals surface area contributed by atoms with E-state index >= 15 is 0 Å². The number of likely N-dealkylation sites (N-methyl/N-ethyl adjacent to an activating group) is 1. The Hall–Kier alpha value is -2.56. The average Bonchev–Trinajstić information content (AvgIpc) is 2.73. The van der Waals surface area contributed by atoms with Crippen molar-refractivity contribution in [1.29, 1.82) is 0 Å². The van der Waals surface area contributed by atoms with Gasteiger partial charge in [-0.2, -0.15) is 0 Å². The minimum atomic E-state index is -0.555. The minimum absolute atomic E-state index is 0.493. The van der Waals surface area contributed by atoms with Crippen LogP contribution < -0.4 is 41.9 Å². The zero-order valence-corrected chi connectivity index (χ0v) is 17.8. The SMILES string of the molecule is COc1cc(C(N)N)ccc1OCCN(C)CCOc1ccc(C(N)N)cc1OC. The zero-order valence-electron chi connectivity index (χ0n) is 17.8. The molecule has 0 aliphatic carbocycles. The standard InChI is InChI=1S/C21H33N5O4/c1-26(8-10-29-16-6-4-14(20(22)23)12-18(16)27-2)9-11-30-17-7-5-15(21(24)25)13-19(17)28-3/h4-7,12-13,20-21H,8-11,22-25H2,1-3H3. The Labute approximate surface area is 177 Å². The molecule has 0 saturated carbocycles. The molecule has 2 aromatic rings. The van der Waals surface area contributed by atoms with Crippen molar-refractivity contribution in [3.05, 3.63) is 47.5 Å². The van der Waals surface area contributed by atoms with Crippen LogP contribution in [-0.2, 0) is 0 Å². The summed E-state index contributed by atoms with van der Waals surface area (Å²) in [6.07, 6.45) is -1.11. The van der Waals surface area contributed by atoms with Crippen molar-refractivity contribution in [2.24, 2.45) is 22.9 Å². The van der Waals surface area contributed by atoms with E-state index in [1.807, 2.05) is 31.3 Å². The Balaban J connectivity index is 1.79. The molecule has 0 amide bonds. The first-order chi connectivity index (χ1) is 14.3. The summed E-state index contributed by atoms with van der Waals surface area (Å²) in [6.45, 7) is 2.41. The number of nitrogens with two attached hydrogens (primary N) is 4. The lowest BCUT2D eigenvalue weighted by molar-refractivity contribution is 0.196. The Bertz CT molecular complexity index is 735. The highest BCUT2D eigenvalue weighted by atomic mass is 16.5. The molecule has 166 valence electrons. The van der Waals surface area contributed by atoms with E-state index in [0.29, 0.717) is 49.3 Å². The number of benzene rings is 2. The molecule has 0 aliphatic heterocycles. The lowest BCUT2D eigenvalue weighted by Crippen LogP contribution is -2.28. The molecule has 0 aliphatic rings. The maximum absolute atomic E-state index is 5.84. The number of hydrogen-bond acceptors (Lipinski definition) is 9. The van der Waals surface area contributed by atoms with Crippen LogP contribution in [0.2, 0.25) is 0 Å². The van der Waals surface area contributed by atoms with Crippen LogP contribution in [-0.4, -0.2) is 52.5 Å². The summed E-state index contributed by atoms with van der Waals surface area (Å²) >= 11 is 0. The molecule has 30 heavy (non-hydrogen) atoms. The smallest absolute Gasteiger partial charge is 0.161 e. The number of nitrogens with zero attached hydrogens (tertiary/aromatic N) is 1. The second-order valence-electron chi connectivity index (χ2n) is 6.87. The maximum Gasteiger partial charge on any atom is 0.161 e. The predicted octanol–water partition coefficient (Wildman–Crippen LogP) is 0.925. The molecule has 0 atom stereocenters. The lowest BCUT2D eigenvalue weighted by Gasteiger charge is -2.19. The van der Waals surface area contributed by atoms with E-state index < -0.39 is 12.3 Å². The normalized spacial score (nSPS) is 11.3. The van der Waals surface area contributed by atoms with Gasteiger partial charge in [-0.1, -0.05) is 12.1 Å². The molecule has 0 unspecified atom stereocenters. The van der Waals surface area contributed by atoms with Crippen LogP contribution in [0.4, 0.5) is 0 Å². The summed E-state index contributed by atoms with van der Waals surface area (Å²) in [4.78, 5) is 2.10. The molecule has 0 saturated heterocycles. The van der Waals surface area contributed by atoms with Gasteiger partial charge >= 0.3 is 0 Å². The predicted molar refractivity (Wildman–Crippen MR) is 117 cm³/mol. The van der Waals surface area contributed by atoms with E-state index in [1.165, 1.54) is 0 Å². The van der Waals surface area contributed by atoms with Crippen molar-refractivity contribution in [2.45, 2.75) is 12.3 Å². The fraction of sp³-hybridized carbons (Fsp3) is 0.429. The molecule has 0 radical (unpaired) electrons. The topological polar surface area (TPSA) is 144 Å². The zero-order chi connectivity index (χ0) is 22.1. The van der Waals surface area contributed by atoms with Gasteiger partial charge in [0, 0.05) is 13.1 Å². The molecule has 2 aromatic carbocycles. The summed E-state index contributed by atoms with van der Waals surface area (Å²) in [5, 5.41) is 0. The van der Waals surface area contributed by atoms with Crippen LogP contribution in [0, 0.1) is 0 Å². The lowest BCUT2D eigenvalue weighted by atomic mass is 10.1. The second kappa shape index (κ2) is 11.6. The number of methoxy groups -OCH3 is 2. The van der Waals surface area contributed by atoms with Gasteiger partial charge in [-0.05, 0) is 42.4 Å². The van der Waals surface area contributed by atoms with E-state index in [1.54, 1.807) is 26.4 Å². The molecule has 0 aromatic heterocycles. The third-order valence-corrected chi connectivity index (χ3v) is 4.61. The number of hydrogen-bond donors (Lipinski definition) is 4. The van der Waals surface area contributed by atoms with E-state index in [9.17, 15) is 0 Å². The van der Waals surface area contributed by atoms with Gasteiger partial charge in [0.05, 0.1) is 26.6 Å². The fourth-order valence-corrected chi connectivity index (χ4v) is 2.76. The molecule has 2 rings (SSSR count). The summed E-state index contributed by atoms with van der Waals surface area (Å²) in [5.41, 5.74) is 24.4. The monoisotopic (exact) mass is 419 g/mol. The highest BCUT2D eigenvalue weighted by Crippen LogP contribution is 2.30. The van der Waals surface area contributed by atoms with Crippen molar-refractivity contribution >= 4 is 0 Å². The summed E-state index contributed by atoms with van der Waals surface area (Å²) in [7, 11) is 5.16. The molecule has 0 heterocycles. The Morgan fingerprint density at radius 2 is 1.10 bits per heavy atom. The first-order valence-corrected chi connectivity index (χ1v) is 9.68. The largest absolute Gasteiger partial charge is 0.493 e. The number of rotatable bonds is 12. The van der Waals surface area contributed by atoms with Gasteiger partial charge in [-0.15, -0.1) is 0 Å². The molecule has 9 nitrogen and oxygen atoms in total. The van der Waals surface area contributed by atoms with E-state index in [2.05, 4.69) is 4.90 Å². The third-order valence-electron chi connectivity index (χ3n) is 4.61. The molecular formula is C21H33N5O4. The van der Waals surface area contributed by atoms with Gasteiger partial charge < -0.3 is 41.9 Å². The molecule has 9 heteroatoms. The van der Waals surface area contributed by atoms with Crippen molar-refractivity contribution in [2.75, 3.05) is 47.6 Å². The van der Waals surface area contributed by atoms with Crippen molar-refractivity contribution in [3.63, 3.8) is 0 Å². The second-order valence-corrected chi connectivity index (χ2v) is 6.87. The Morgan fingerprint density at radius 1 is 0.700 bits per heavy atom. The summed E-state index contributed by atoms with van der Waals surface area (Å²) in [5.74, 6) is 2.50. The highest BCUT2D eigenvalue weighted by Gasteiger charge is 2.10. The Kier molecular flexibility index (Phi) is 9.15. The average molecular weight is 420 g/mol. The fourth-order valence-electron chi connectivity index (χ4n) is 2.76. The summed E-state index contributed by atoms with van der Waals surface area (Å²) < 4.78 is 22.4. The van der Waals surface area contributed by atoms with Crippen molar-refractivity contribution < 1.29 is 18.9 Å². The maximum atomic E-state index is 5.84. The van der Waals surface area contributed by atoms with Gasteiger partial charge in [0.15, 0.2) is 23.0 Å². The van der Waals surface area contributed by atoms with Crippen molar-refractivity contribution in [3.8, 4) is 23.0 Å². The minimum Gasteiger partial charge on any atom is -0.493 e. The van der Waals surface area contributed by atoms with Gasteiger partial charge in [-0.25, -0.2) is 0 Å². The molecule has 0 fully saturated rings. The van der Waals surface area contributed by atoms with Crippen LogP contribution in [0.15, 0.2) is 36.4 Å². The first-order valence-electron chi connectivity index (χ1n) is 9.68. The third kappa shape index (κ3) is 6.75. The molecular weight excluding hydrogens is 386 g/mol. The Morgan fingerprint density at radius 3 is 1.43 bits per heavy atom. The van der Waals surface area contributed by atoms with Crippen LogP contribution >= 0.6 is 0 Å². The van der Waals surface area contributed by atoms with Gasteiger partial charge in [0.25, 0.3) is 0 Å². The van der Waals surface area contributed by atoms with Gasteiger partial charge in [-0.3, -0.25) is 4.90 Å². The molecule has 0 bridgehead atoms. The van der Waals surface area contributed by atoms with Gasteiger partial charge in [0.2, 0.25) is 0 Å². The quantitative estimate of drug-likeness (QED) is 0.369. The van der Waals surface area contributed by atoms with E-state index in [4.69, 9.17) is 41.9 Å². The van der Waals surface area contributed by atoms with Crippen LogP contribution in [0.25, 0.3) is 0 Å². The van der Waals surface area contributed by atoms with Crippen molar-refractivity contribution in [1.82, 2.24) is 4.90 Å². The summed E-state index contributed by atoms with van der Waals surface area (Å²) in [6, 6.07) is 10.9. The van der Waals surface area contributed by atoms with E-state index in [0.717, 1.165) is 11.1 Å². The first kappa shape index (κ1) is 23.7. The van der Waals surface area contributed by atoms with Crippen LogP contribution in [0.3, 0.4) is 0 Å². The van der Waals surface area contributed by atoms with Crippen LogP contribution in [0.1, 0.15) is 23.5 Å². The van der Waals surface area contributed by atoms with Crippen LogP contribution in [0.5, 0.6) is 23.0 Å².